The first-order valence-electron chi connectivity index (χ1n) is 8.24. The number of benzene rings is 1. The molecule has 2 heterocycles. The first-order valence-corrected chi connectivity index (χ1v) is 9.12. The maximum absolute atomic E-state index is 12.9. The van der Waals surface area contributed by atoms with E-state index < -0.39 is 5.25 Å². The lowest BCUT2D eigenvalue weighted by Gasteiger charge is -2.19. The molecule has 0 saturated heterocycles. The Morgan fingerprint density at radius 2 is 2.00 bits per heavy atom. The van der Waals surface area contributed by atoms with Gasteiger partial charge >= 0.3 is 0 Å². The first kappa shape index (κ1) is 18.2. The molecule has 0 aliphatic carbocycles. The summed E-state index contributed by atoms with van der Waals surface area (Å²) < 4.78 is 1.49. The fraction of sp³-hybridized carbons (Fsp3) is 0.333. The maximum atomic E-state index is 12.9. The molecule has 3 rings (SSSR count). The van der Waals surface area contributed by atoms with Crippen molar-refractivity contribution in [3.05, 3.63) is 34.6 Å². The van der Waals surface area contributed by atoms with E-state index in [9.17, 15) is 14.4 Å². The summed E-state index contributed by atoms with van der Waals surface area (Å²) in [5, 5.41) is 0.269. The predicted octanol–water partition coefficient (Wildman–Crippen LogP) is 2.04. The molecule has 3 aromatic rings. The Bertz CT molecular complexity index is 1070. The summed E-state index contributed by atoms with van der Waals surface area (Å²) in [6, 6.07) is 7.53. The van der Waals surface area contributed by atoms with Crippen LogP contribution in [0, 0.1) is 0 Å². The van der Waals surface area contributed by atoms with Crippen molar-refractivity contribution >= 4 is 45.4 Å². The van der Waals surface area contributed by atoms with Gasteiger partial charge in [0.25, 0.3) is 5.56 Å². The van der Waals surface area contributed by atoms with Crippen LogP contribution in [0.1, 0.15) is 13.8 Å². The van der Waals surface area contributed by atoms with Crippen molar-refractivity contribution in [1.82, 2.24) is 19.4 Å². The molecule has 0 spiro atoms. The van der Waals surface area contributed by atoms with Crippen LogP contribution in [0.4, 0.5) is 0 Å². The normalized spacial score (nSPS) is 12.5. The molecule has 0 aliphatic heterocycles. The third-order valence-electron chi connectivity index (χ3n) is 4.15. The van der Waals surface area contributed by atoms with E-state index in [0.29, 0.717) is 22.7 Å². The molecule has 0 radical (unpaired) electrons. The number of fused-ring (bicyclic) bond motifs is 3. The highest BCUT2D eigenvalue weighted by Gasteiger charge is 2.28. The number of ketones is 1. The third kappa shape index (κ3) is 3.01. The highest BCUT2D eigenvalue weighted by atomic mass is 32.2. The molecule has 0 unspecified atom stereocenters. The van der Waals surface area contributed by atoms with Crippen LogP contribution in [0.5, 0.6) is 0 Å². The molecule has 8 heteroatoms. The minimum absolute atomic E-state index is 0.212. The number of nitrogens with one attached hydrogen (secondary N) is 1. The molecule has 1 amide bonds. The predicted molar refractivity (Wildman–Crippen MR) is 103 cm³/mol. The van der Waals surface area contributed by atoms with E-state index in [-0.39, 0.29) is 17.2 Å². The lowest BCUT2D eigenvalue weighted by molar-refractivity contribution is -0.132. The zero-order chi connectivity index (χ0) is 19.0. The van der Waals surface area contributed by atoms with Crippen LogP contribution >= 0.6 is 11.8 Å². The zero-order valence-corrected chi connectivity index (χ0v) is 15.9. The van der Waals surface area contributed by atoms with E-state index in [1.807, 2.05) is 31.2 Å². The van der Waals surface area contributed by atoms with Gasteiger partial charge in [-0.15, -0.1) is 0 Å². The highest BCUT2D eigenvalue weighted by Crippen LogP contribution is 2.27. The van der Waals surface area contributed by atoms with Gasteiger partial charge in [0.2, 0.25) is 5.91 Å². The van der Waals surface area contributed by atoms with Gasteiger partial charge in [0.1, 0.15) is 16.3 Å². The maximum Gasteiger partial charge on any atom is 0.278 e. The number of aromatic amines is 1. The molecule has 0 aliphatic rings. The molecule has 1 aromatic carbocycles. The lowest BCUT2D eigenvalue weighted by Crippen LogP contribution is -2.36. The first-order chi connectivity index (χ1) is 12.3. The average Bonchev–Trinajstić information content (AvgIpc) is 2.98. The van der Waals surface area contributed by atoms with Crippen LogP contribution in [0.15, 0.2) is 34.2 Å². The summed E-state index contributed by atoms with van der Waals surface area (Å²) in [4.78, 5) is 46.4. The van der Waals surface area contributed by atoms with E-state index in [4.69, 9.17) is 0 Å². The van der Waals surface area contributed by atoms with E-state index in [1.165, 1.54) is 16.4 Å². The second-order valence-corrected chi connectivity index (χ2v) is 7.25. The molecule has 1 atom stereocenters. The summed E-state index contributed by atoms with van der Waals surface area (Å²) in [5.41, 5.74) is 1.59. The summed E-state index contributed by atoms with van der Waals surface area (Å²) in [6.45, 7) is 3.59. The molecule has 7 nitrogen and oxygen atoms in total. The van der Waals surface area contributed by atoms with Crippen LogP contribution in [0.3, 0.4) is 0 Å². The number of nitrogens with zero attached hydrogens (tertiary/aromatic N) is 3. The largest absolute Gasteiger partial charge is 0.349 e. The van der Waals surface area contributed by atoms with E-state index in [1.54, 1.807) is 14.1 Å². The van der Waals surface area contributed by atoms with Gasteiger partial charge in [0.05, 0.1) is 0 Å². The van der Waals surface area contributed by atoms with Gasteiger partial charge in [-0.05, 0) is 19.9 Å². The Hall–Kier alpha value is -2.61. The minimum atomic E-state index is -0.933. The Kier molecular flexibility index (Phi) is 4.86. The van der Waals surface area contributed by atoms with Crippen LogP contribution in [0.2, 0.25) is 0 Å². The van der Waals surface area contributed by atoms with Crippen molar-refractivity contribution in [2.45, 2.75) is 30.8 Å². The number of amides is 1. The van der Waals surface area contributed by atoms with E-state index in [2.05, 4.69) is 9.97 Å². The molecule has 26 heavy (non-hydrogen) atoms. The van der Waals surface area contributed by atoms with Gasteiger partial charge in [0.15, 0.2) is 10.9 Å². The fourth-order valence-corrected chi connectivity index (χ4v) is 3.96. The fourth-order valence-electron chi connectivity index (χ4n) is 2.79. The number of carbonyl (C=O) groups is 2. The summed E-state index contributed by atoms with van der Waals surface area (Å²) in [5.74, 6) is -0.594. The zero-order valence-electron chi connectivity index (χ0n) is 15.1. The average molecular weight is 372 g/mol. The Balaban J connectivity index is 2.21. The smallest absolute Gasteiger partial charge is 0.278 e. The van der Waals surface area contributed by atoms with E-state index in [0.717, 1.165) is 22.7 Å². The standard InChI is InChI=1S/C18H20N4O3S/c1-5-22-16(24)14-13(11-8-6-7-9-12(11)19-14)20-18(22)26-15(10(2)23)17(25)21(3)4/h6-9,15,19H,5H2,1-4H3/t15-/m0/s1. The van der Waals surface area contributed by atoms with Gasteiger partial charge in [-0.3, -0.25) is 19.0 Å². The van der Waals surface area contributed by atoms with Gasteiger partial charge in [0, 0.05) is 31.5 Å². The number of thioether (sulfide) groups is 1. The van der Waals surface area contributed by atoms with Crippen molar-refractivity contribution in [2.75, 3.05) is 14.1 Å². The monoisotopic (exact) mass is 372 g/mol. The number of rotatable bonds is 5. The van der Waals surface area contributed by atoms with Crippen molar-refractivity contribution in [2.24, 2.45) is 0 Å². The Morgan fingerprint density at radius 1 is 1.31 bits per heavy atom. The van der Waals surface area contributed by atoms with Crippen LogP contribution in [-0.2, 0) is 16.1 Å². The summed E-state index contributed by atoms with van der Waals surface area (Å²) >= 11 is 1.02. The third-order valence-corrected chi connectivity index (χ3v) is 5.44. The lowest BCUT2D eigenvalue weighted by atomic mass is 10.2. The number of Topliss-reactive ketones (excluding diaryl/α,β-unsaturated/α-hetero) is 1. The number of aromatic nitrogens is 3. The molecule has 0 fully saturated rings. The number of hydrogen-bond acceptors (Lipinski definition) is 5. The van der Waals surface area contributed by atoms with Crippen LogP contribution < -0.4 is 5.56 Å². The van der Waals surface area contributed by atoms with Gasteiger partial charge in [-0.25, -0.2) is 4.98 Å². The summed E-state index contributed by atoms with van der Waals surface area (Å²) in [6.07, 6.45) is 0. The van der Waals surface area contributed by atoms with Crippen LogP contribution in [-0.4, -0.2) is 50.5 Å². The van der Waals surface area contributed by atoms with Crippen molar-refractivity contribution < 1.29 is 9.59 Å². The molecule has 136 valence electrons. The second-order valence-electron chi connectivity index (χ2n) is 6.18. The molecular weight excluding hydrogens is 352 g/mol. The molecular formula is C18H20N4O3S. The Morgan fingerprint density at radius 3 is 2.62 bits per heavy atom. The minimum Gasteiger partial charge on any atom is -0.349 e. The molecule has 1 N–H and O–H groups in total. The van der Waals surface area contributed by atoms with Crippen molar-refractivity contribution in [3.8, 4) is 0 Å². The van der Waals surface area contributed by atoms with Gasteiger partial charge in [-0.1, -0.05) is 30.0 Å². The van der Waals surface area contributed by atoms with Gasteiger partial charge in [-0.2, -0.15) is 0 Å². The molecule has 0 saturated carbocycles. The second kappa shape index (κ2) is 6.95. The Labute approximate surface area is 154 Å². The van der Waals surface area contributed by atoms with Crippen LogP contribution in [0.25, 0.3) is 21.9 Å². The quantitative estimate of drug-likeness (QED) is 0.421. The highest BCUT2D eigenvalue weighted by molar-refractivity contribution is 8.01. The molecule has 0 bridgehead atoms. The van der Waals surface area contributed by atoms with Crippen molar-refractivity contribution in [1.29, 1.82) is 0 Å². The van der Waals surface area contributed by atoms with Gasteiger partial charge < -0.3 is 9.88 Å². The molecule has 2 aromatic heterocycles. The number of para-hydroxylation sites is 1. The number of hydrogen-bond donors (Lipinski definition) is 1. The van der Waals surface area contributed by atoms with E-state index >= 15 is 0 Å². The SMILES string of the molecule is CCn1c(S[C@@H](C(C)=O)C(=O)N(C)C)nc2c([nH]c3ccccc32)c1=O. The number of H-pyrrole nitrogens is 1. The van der Waals surface area contributed by atoms with Crippen molar-refractivity contribution in [3.63, 3.8) is 0 Å². The number of carbonyl (C=O) groups excluding carboxylic acids is 2. The summed E-state index contributed by atoms with van der Waals surface area (Å²) in [7, 11) is 3.20. The topological polar surface area (TPSA) is 88.1 Å².